The van der Waals surface area contributed by atoms with Crippen molar-refractivity contribution in [3.63, 3.8) is 0 Å². The molecule has 0 aliphatic heterocycles. The van der Waals surface area contributed by atoms with Gasteiger partial charge in [-0.3, -0.25) is 0 Å². The summed E-state index contributed by atoms with van der Waals surface area (Å²) in [5.41, 5.74) is 0.961. The van der Waals surface area contributed by atoms with Crippen molar-refractivity contribution in [2.75, 3.05) is 7.11 Å². The predicted octanol–water partition coefficient (Wildman–Crippen LogP) is 2.99. The molecule has 0 saturated heterocycles. The number of carboxylic acid groups (broad SMARTS) is 1. The number of ether oxygens (including phenoxy) is 1. The Kier molecular flexibility index (Phi) is 2.95. The van der Waals surface area contributed by atoms with Gasteiger partial charge in [0, 0.05) is 11.6 Å². The minimum atomic E-state index is -1.06. The van der Waals surface area contributed by atoms with Crippen LogP contribution in [0.3, 0.4) is 0 Å². The molecule has 5 heteroatoms. The van der Waals surface area contributed by atoms with Crippen LogP contribution in [0, 0.1) is 0 Å². The van der Waals surface area contributed by atoms with Gasteiger partial charge in [0.1, 0.15) is 11.5 Å². The highest BCUT2D eigenvalue weighted by Crippen LogP contribution is 2.27. The first-order chi connectivity index (χ1) is 9.69. The maximum absolute atomic E-state index is 10.8. The highest BCUT2D eigenvalue weighted by atomic mass is 16.5. The van der Waals surface area contributed by atoms with Gasteiger partial charge in [0.2, 0.25) is 5.76 Å². The summed E-state index contributed by atoms with van der Waals surface area (Å²) in [5, 5.41) is 9.92. The lowest BCUT2D eigenvalue weighted by Crippen LogP contribution is -1.98. The van der Waals surface area contributed by atoms with E-state index in [1.807, 2.05) is 35.0 Å². The van der Waals surface area contributed by atoms with Gasteiger partial charge in [-0.1, -0.05) is 12.1 Å². The van der Waals surface area contributed by atoms with Crippen LogP contribution in [-0.4, -0.2) is 22.8 Å². The third-order valence-corrected chi connectivity index (χ3v) is 3.17. The van der Waals surface area contributed by atoms with Crippen molar-refractivity contribution < 1.29 is 19.1 Å². The summed E-state index contributed by atoms with van der Waals surface area (Å²) in [6, 6.07) is 10.9. The fourth-order valence-corrected chi connectivity index (χ4v) is 2.27. The molecule has 0 saturated carbocycles. The first kappa shape index (κ1) is 12.3. The molecule has 1 aromatic carbocycles. The zero-order chi connectivity index (χ0) is 14.1. The number of furan rings is 1. The molecule has 0 radical (unpaired) electrons. The molecular weight excluding hydrogens is 258 g/mol. The van der Waals surface area contributed by atoms with E-state index in [1.165, 1.54) is 6.07 Å². The van der Waals surface area contributed by atoms with Gasteiger partial charge in [-0.05, 0) is 24.3 Å². The quantitative estimate of drug-likeness (QED) is 0.792. The van der Waals surface area contributed by atoms with Gasteiger partial charge in [0.15, 0.2) is 0 Å². The third-order valence-electron chi connectivity index (χ3n) is 3.17. The normalized spacial score (nSPS) is 10.8. The van der Waals surface area contributed by atoms with E-state index in [-0.39, 0.29) is 5.76 Å². The predicted molar refractivity (Wildman–Crippen MR) is 73.3 cm³/mol. The van der Waals surface area contributed by atoms with Crippen LogP contribution in [0.4, 0.5) is 0 Å². The molecule has 5 nitrogen and oxygen atoms in total. The molecule has 0 bridgehead atoms. The van der Waals surface area contributed by atoms with Gasteiger partial charge < -0.3 is 18.8 Å². The number of aromatic carboxylic acids is 1. The Morgan fingerprint density at radius 3 is 2.85 bits per heavy atom. The van der Waals surface area contributed by atoms with Crippen LogP contribution >= 0.6 is 0 Å². The lowest BCUT2D eigenvalue weighted by atomic mass is 10.2. The van der Waals surface area contributed by atoms with E-state index >= 15 is 0 Å². The summed E-state index contributed by atoms with van der Waals surface area (Å²) < 4.78 is 12.6. The van der Waals surface area contributed by atoms with Crippen molar-refractivity contribution in [1.29, 1.82) is 0 Å². The molecule has 0 spiro atoms. The third kappa shape index (κ3) is 2.03. The zero-order valence-corrected chi connectivity index (χ0v) is 10.9. The van der Waals surface area contributed by atoms with E-state index in [0.717, 1.165) is 16.7 Å². The first-order valence-corrected chi connectivity index (χ1v) is 6.13. The van der Waals surface area contributed by atoms with Crippen LogP contribution in [0.5, 0.6) is 5.75 Å². The molecule has 0 aliphatic carbocycles. The van der Waals surface area contributed by atoms with Gasteiger partial charge in [-0.2, -0.15) is 0 Å². The lowest BCUT2D eigenvalue weighted by molar-refractivity contribution is 0.0660. The number of fused-ring (bicyclic) bond motifs is 1. The summed E-state index contributed by atoms with van der Waals surface area (Å²) in [6.45, 7) is 0.456. The Labute approximate surface area is 115 Å². The second-order valence-corrected chi connectivity index (χ2v) is 4.41. The smallest absolute Gasteiger partial charge is 0.371 e. The fraction of sp³-hybridized carbons (Fsp3) is 0.133. The van der Waals surface area contributed by atoms with E-state index in [9.17, 15) is 4.79 Å². The average molecular weight is 271 g/mol. The Morgan fingerprint density at radius 1 is 1.30 bits per heavy atom. The van der Waals surface area contributed by atoms with Crippen molar-refractivity contribution in [1.82, 2.24) is 4.57 Å². The number of carboxylic acids is 1. The highest BCUT2D eigenvalue weighted by molar-refractivity contribution is 5.86. The van der Waals surface area contributed by atoms with E-state index in [4.69, 9.17) is 14.3 Å². The molecular formula is C15H13NO4. The molecule has 102 valence electrons. The molecule has 20 heavy (non-hydrogen) atoms. The largest absolute Gasteiger partial charge is 0.495 e. The van der Waals surface area contributed by atoms with Crippen LogP contribution in [0.2, 0.25) is 0 Å². The first-order valence-electron chi connectivity index (χ1n) is 6.13. The number of methoxy groups -OCH3 is 1. The van der Waals surface area contributed by atoms with E-state index in [0.29, 0.717) is 12.3 Å². The number of benzene rings is 1. The Bertz CT molecular complexity index is 769. The van der Waals surface area contributed by atoms with Gasteiger partial charge >= 0.3 is 5.97 Å². The van der Waals surface area contributed by atoms with Crippen molar-refractivity contribution in [3.05, 3.63) is 54.1 Å². The number of aromatic nitrogens is 1. The Balaban J connectivity index is 1.99. The second kappa shape index (κ2) is 4.77. The van der Waals surface area contributed by atoms with E-state index in [1.54, 1.807) is 13.2 Å². The molecule has 3 aromatic rings. The standard InChI is InChI=1S/C15H13NO4/c1-19-12-4-2-3-10-7-8-16(14(10)12)9-11-5-6-13(20-11)15(17)18/h2-8H,9H2,1H3,(H,17,18). The monoisotopic (exact) mass is 271 g/mol. The second-order valence-electron chi connectivity index (χ2n) is 4.41. The van der Waals surface area contributed by atoms with Crippen LogP contribution in [0.15, 0.2) is 47.0 Å². The summed E-state index contributed by atoms with van der Waals surface area (Å²) in [6.07, 6.45) is 1.93. The zero-order valence-electron chi connectivity index (χ0n) is 10.9. The van der Waals surface area contributed by atoms with E-state index in [2.05, 4.69) is 0 Å². The number of para-hydroxylation sites is 1. The number of hydrogen-bond donors (Lipinski definition) is 1. The van der Waals surface area contributed by atoms with Crippen molar-refractivity contribution in [2.24, 2.45) is 0 Å². The number of carbonyl (C=O) groups is 1. The Hall–Kier alpha value is -2.69. The molecule has 0 aliphatic rings. The van der Waals surface area contributed by atoms with E-state index < -0.39 is 5.97 Å². The molecule has 2 heterocycles. The maximum Gasteiger partial charge on any atom is 0.371 e. The Morgan fingerprint density at radius 2 is 2.15 bits per heavy atom. The summed E-state index contributed by atoms with van der Waals surface area (Å²) in [5.74, 6) is 0.248. The maximum atomic E-state index is 10.8. The minimum absolute atomic E-state index is 0.0524. The van der Waals surface area contributed by atoms with Crippen molar-refractivity contribution in [3.8, 4) is 5.75 Å². The topological polar surface area (TPSA) is 64.6 Å². The molecule has 3 rings (SSSR count). The van der Waals surface area contributed by atoms with Crippen molar-refractivity contribution in [2.45, 2.75) is 6.54 Å². The fourth-order valence-electron chi connectivity index (χ4n) is 2.27. The molecule has 0 unspecified atom stereocenters. The van der Waals surface area contributed by atoms with Gasteiger partial charge in [-0.15, -0.1) is 0 Å². The van der Waals surface area contributed by atoms with Crippen LogP contribution < -0.4 is 4.74 Å². The van der Waals surface area contributed by atoms with Crippen molar-refractivity contribution >= 4 is 16.9 Å². The highest BCUT2D eigenvalue weighted by Gasteiger charge is 2.11. The SMILES string of the molecule is COc1cccc2ccn(Cc3ccc(C(=O)O)o3)c12. The molecule has 1 N–H and O–H groups in total. The molecule has 0 atom stereocenters. The van der Waals surface area contributed by atoms with Crippen LogP contribution in [0.25, 0.3) is 10.9 Å². The number of nitrogens with zero attached hydrogens (tertiary/aromatic N) is 1. The molecule has 0 fully saturated rings. The summed E-state index contributed by atoms with van der Waals surface area (Å²) in [4.78, 5) is 10.8. The van der Waals surface area contributed by atoms with Gasteiger partial charge in [0.25, 0.3) is 0 Å². The van der Waals surface area contributed by atoms with Crippen LogP contribution in [0.1, 0.15) is 16.3 Å². The summed E-state index contributed by atoms with van der Waals surface area (Å²) in [7, 11) is 1.63. The molecule has 0 amide bonds. The summed E-state index contributed by atoms with van der Waals surface area (Å²) >= 11 is 0. The van der Waals surface area contributed by atoms with Crippen LogP contribution in [-0.2, 0) is 6.54 Å². The lowest BCUT2D eigenvalue weighted by Gasteiger charge is -2.07. The van der Waals surface area contributed by atoms with Gasteiger partial charge in [-0.25, -0.2) is 4.79 Å². The minimum Gasteiger partial charge on any atom is -0.495 e. The van der Waals surface area contributed by atoms with Gasteiger partial charge in [0.05, 0.1) is 19.2 Å². The number of hydrogen-bond acceptors (Lipinski definition) is 3. The molecule has 2 aromatic heterocycles. The number of rotatable bonds is 4. The average Bonchev–Trinajstić information content (AvgIpc) is 3.06.